The number of H-pyrrole nitrogens is 1. The number of carbonyl (C=O) groups excluding carboxylic acids is 1. The zero-order valence-electron chi connectivity index (χ0n) is 16.9. The summed E-state index contributed by atoms with van der Waals surface area (Å²) in [5, 5.41) is 7.35. The lowest BCUT2D eigenvalue weighted by molar-refractivity contribution is 0.0954. The predicted octanol–water partition coefficient (Wildman–Crippen LogP) is 5.45. The first-order chi connectivity index (χ1) is 13.3. The molecular weight excluding hydrogens is 366 g/mol. The minimum absolute atomic E-state index is 0.111. The largest absolute Gasteiger partial charge is 0.358 e. The van der Waals surface area contributed by atoms with Crippen LogP contribution in [0.15, 0.2) is 34.7 Å². The van der Waals surface area contributed by atoms with E-state index < -0.39 is 0 Å². The Hall–Kier alpha value is -2.40. The van der Waals surface area contributed by atoms with Gasteiger partial charge in [-0.05, 0) is 49.1 Å². The number of fused-ring (bicyclic) bond motifs is 2. The molecule has 0 unspecified atom stereocenters. The number of benzene rings is 1. The molecule has 2 N–H and O–H groups in total. The SMILES string of the molecule is Cc1[nH]c2ccccc2c1C=NNC(=O)c1csc2c1CC[C@@H](C(C)(C)C)C2. The van der Waals surface area contributed by atoms with Gasteiger partial charge in [0.15, 0.2) is 0 Å². The zero-order chi connectivity index (χ0) is 19.9. The van der Waals surface area contributed by atoms with Crippen molar-refractivity contribution in [2.45, 2.75) is 47.0 Å². The topological polar surface area (TPSA) is 57.2 Å². The quantitative estimate of drug-likeness (QED) is 0.451. The van der Waals surface area contributed by atoms with Crippen LogP contribution < -0.4 is 5.43 Å². The molecule has 0 bridgehead atoms. The summed E-state index contributed by atoms with van der Waals surface area (Å²) in [4.78, 5) is 17.4. The molecule has 0 aliphatic heterocycles. The summed E-state index contributed by atoms with van der Waals surface area (Å²) in [5.41, 5.74) is 8.19. The molecule has 0 saturated carbocycles. The average molecular weight is 394 g/mol. The number of amides is 1. The van der Waals surface area contributed by atoms with E-state index in [0.717, 1.165) is 47.0 Å². The number of aromatic amines is 1. The fourth-order valence-electron chi connectivity index (χ4n) is 4.12. The molecule has 0 saturated heterocycles. The number of hydrazone groups is 1. The van der Waals surface area contributed by atoms with Gasteiger partial charge in [-0.25, -0.2) is 5.43 Å². The first-order valence-corrected chi connectivity index (χ1v) is 10.7. The summed E-state index contributed by atoms with van der Waals surface area (Å²) in [6.45, 7) is 8.95. The third kappa shape index (κ3) is 3.51. The van der Waals surface area contributed by atoms with Crippen molar-refractivity contribution in [3.63, 3.8) is 0 Å². The third-order valence-electron chi connectivity index (χ3n) is 5.93. The normalized spacial score (nSPS) is 17.2. The van der Waals surface area contributed by atoms with Crippen LogP contribution >= 0.6 is 11.3 Å². The number of para-hydroxylation sites is 1. The van der Waals surface area contributed by atoms with Gasteiger partial charge < -0.3 is 4.98 Å². The van der Waals surface area contributed by atoms with Crippen LogP contribution in [0.5, 0.6) is 0 Å². The maximum absolute atomic E-state index is 12.7. The van der Waals surface area contributed by atoms with Crippen molar-refractivity contribution in [3.05, 3.63) is 56.9 Å². The molecule has 28 heavy (non-hydrogen) atoms. The standard InChI is InChI=1S/C23H27N3OS/c1-14-18(16-7-5-6-8-20(16)25-14)12-24-26-22(27)19-13-28-21-11-15(23(2,3)4)9-10-17(19)21/h5-8,12-13,15,25H,9-11H2,1-4H3,(H,26,27)/t15-/m1/s1. The van der Waals surface area contributed by atoms with Gasteiger partial charge in [0.05, 0.1) is 11.8 Å². The maximum Gasteiger partial charge on any atom is 0.272 e. The molecule has 1 aromatic carbocycles. The van der Waals surface area contributed by atoms with E-state index in [9.17, 15) is 4.79 Å². The number of thiophene rings is 1. The van der Waals surface area contributed by atoms with Crippen molar-refractivity contribution in [2.24, 2.45) is 16.4 Å². The summed E-state index contributed by atoms with van der Waals surface area (Å²) in [5.74, 6) is 0.567. The molecule has 0 spiro atoms. The van der Waals surface area contributed by atoms with Gasteiger partial charge in [0, 0.05) is 32.4 Å². The molecule has 1 aliphatic carbocycles. The van der Waals surface area contributed by atoms with Gasteiger partial charge in [0.1, 0.15) is 0 Å². The molecule has 1 aliphatic rings. The zero-order valence-corrected chi connectivity index (χ0v) is 17.7. The second-order valence-corrected chi connectivity index (χ2v) is 9.73. The molecule has 4 rings (SSSR count). The molecular formula is C23H27N3OS. The predicted molar refractivity (Wildman–Crippen MR) is 117 cm³/mol. The van der Waals surface area contributed by atoms with Crippen molar-refractivity contribution in [2.75, 3.05) is 0 Å². The third-order valence-corrected chi connectivity index (χ3v) is 6.98. The Morgan fingerprint density at radius 2 is 2.11 bits per heavy atom. The van der Waals surface area contributed by atoms with Gasteiger partial charge in [0.25, 0.3) is 5.91 Å². The van der Waals surface area contributed by atoms with Crippen LogP contribution in [0.25, 0.3) is 10.9 Å². The Bertz CT molecular complexity index is 1050. The second kappa shape index (κ2) is 7.21. The average Bonchev–Trinajstić information content (AvgIpc) is 3.21. The van der Waals surface area contributed by atoms with Crippen molar-refractivity contribution in [3.8, 4) is 0 Å². The van der Waals surface area contributed by atoms with E-state index in [4.69, 9.17) is 0 Å². The van der Waals surface area contributed by atoms with Gasteiger partial charge >= 0.3 is 0 Å². The Balaban J connectivity index is 1.49. The smallest absolute Gasteiger partial charge is 0.272 e. The molecule has 1 amide bonds. The molecule has 4 nitrogen and oxygen atoms in total. The van der Waals surface area contributed by atoms with Crippen LogP contribution in [0.3, 0.4) is 0 Å². The van der Waals surface area contributed by atoms with Gasteiger partial charge in [0.2, 0.25) is 0 Å². The maximum atomic E-state index is 12.7. The molecule has 146 valence electrons. The van der Waals surface area contributed by atoms with Crippen molar-refractivity contribution >= 4 is 34.4 Å². The van der Waals surface area contributed by atoms with Crippen molar-refractivity contribution in [1.29, 1.82) is 0 Å². The Kier molecular flexibility index (Phi) is 4.88. The molecule has 2 aromatic heterocycles. The fraction of sp³-hybridized carbons (Fsp3) is 0.391. The number of nitrogens with zero attached hydrogens (tertiary/aromatic N) is 1. The van der Waals surface area contributed by atoms with Crippen LogP contribution in [0, 0.1) is 18.3 Å². The highest BCUT2D eigenvalue weighted by molar-refractivity contribution is 7.10. The Morgan fingerprint density at radius 1 is 1.32 bits per heavy atom. The van der Waals surface area contributed by atoms with Crippen molar-refractivity contribution < 1.29 is 4.79 Å². The van der Waals surface area contributed by atoms with E-state index >= 15 is 0 Å². The number of aromatic nitrogens is 1. The first-order valence-electron chi connectivity index (χ1n) is 9.84. The van der Waals surface area contributed by atoms with Crippen LogP contribution in [-0.4, -0.2) is 17.1 Å². The summed E-state index contributed by atoms with van der Waals surface area (Å²) in [7, 11) is 0. The van der Waals surface area contributed by atoms with Gasteiger partial charge in [-0.2, -0.15) is 5.10 Å². The highest BCUT2D eigenvalue weighted by atomic mass is 32.1. The van der Waals surface area contributed by atoms with E-state index in [1.807, 2.05) is 30.5 Å². The van der Waals surface area contributed by atoms with Crippen LogP contribution in [-0.2, 0) is 12.8 Å². The number of carbonyl (C=O) groups is 1. The van der Waals surface area contributed by atoms with E-state index in [0.29, 0.717) is 11.3 Å². The summed E-state index contributed by atoms with van der Waals surface area (Å²) in [6.07, 6.45) is 4.94. The molecule has 0 radical (unpaired) electrons. The number of hydrogen-bond acceptors (Lipinski definition) is 3. The molecule has 5 heteroatoms. The van der Waals surface area contributed by atoms with Gasteiger partial charge in [-0.1, -0.05) is 39.0 Å². The van der Waals surface area contributed by atoms with Gasteiger partial charge in [-0.15, -0.1) is 11.3 Å². The molecule has 1 atom stereocenters. The van der Waals surface area contributed by atoms with E-state index in [2.05, 4.69) is 42.3 Å². The van der Waals surface area contributed by atoms with Gasteiger partial charge in [-0.3, -0.25) is 4.79 Å². The monoisotopic (exact) mass is 393 g/mol. The summed E-state index contributed by atoms with van der Waals surface area (Å²) >= 11 is 1.72. The minimum atomic E-state index is -0.111. The van der Waals surface area contributed by atoms with E-state index in [1.165, 1.54) is 10.4 Å². The lowest BCUT2D eigenvalue weighted by Crippen LogP contribution is -2.27. The van der Waals surface area contributed by atoms with Crippen molar-refractivity contribution in [1.82, 2.24) is 10.4 Å². The molecule has 0 fully saturated rings. The van der Waals surface area contributed by atoms with Crippen LogP contribution in [0.1, 0.15) is 59.2 Å². The lowest BCUT2D eigenvalue weighted by atomic mass is 9.72. The number of hydrogen-bond donors (Lipinski definition) is 2. The molecule has 2 heterocycles. The highest BCUT2D eigenvalue weighted by Crippen LogP contribution is 2.40. The Labute approximate surface area is 170 Å². The number of nitrogens with one attached hydrogen (secondary N) is 2. The number of rotatable bonds is 3. The van der Waals surface area contributed by atoms with Crippen LogP contribution in [0.4, 0.5) is 0 Å². The number of aryl methyl sites for hydroxylation is 1. The molecule has 3 aromatic rings. The van der Waals surface area contributed by atoms with Crippen LogP contribution in [0.2, 0.25) is 0 Å². The van der Waals surface area contributed by atoms with E-state index in [1.54, 1.807) is 17.6 Å². The Morgan fingerprint density at radius 3 is 2.89 bits per heavy atom. The highest BCUT2D eigenvalue weighted by Gasteiger charge is 2.31. The fourth-order valence-corrected chi connectivity index (χ4v) is 5.28. The lowest BCUT2D eigenvalue weighted by Gasteiger charge is -2.33. The second-order valence-electron chi connectivity index (χ2n) is 8.77. The summed E-state index contributed by atoms with van der Waals surface area (Å²) in [6, 6.07) is 8.11. The van der Waals surface area contributed by atoms with E-state index in [-0.39, 0.29) is 5.91 Å². The minimum Gasteiger partial charge on any atom is -0.358 e. The first kappa shape index (κ1) is 18.9. The summed E-state index contributed by atoms with van der Waals surface area (Å²) < 4.78 is 0.